The smallest absolute Gasteiger partial charge is 0.362 e. The van der Waals surface area contributed by atoms with Gasteiger partial charge in [-0.1, -0.05) is 12.1 Å². The molecule has 0 saturated carbocycles. The summed E-state index contributed by atoms with van der Waals surface area (Å²) in [5, 5.41) is 0. The molecule has 3 aliphatic heterocycles. The average Bonchev–Trinajstić information content (AvgIpc) is 3.22. The van der Waals surface area contributed by atoms with E-state index in [1.54, 1.807) is 32.4 Å². The zero-order chi connectivity index (χ0) is 24.9. The van der Waals surface area contributed by atoms with E-state index in [9.17, 15) is 18.0 Å². The standard InChI is InChI=1S/C21H27NO11S/c1-19(2)30-14-10-28-21(16(15(14)31-19)32-20(3,4)33-21)11-29-34(25,26)22-17(23)12-8-6-7-9-13(12)18(24)27-5/h6-9,14-16H,10-11H2,1-5H3,(H,22,23)/t14-,15?,16+,21+/m1/s1. The van der Waals surface area contributed by atoms with Crippen LogP contribution in [0.1, 0.15) is 48.4 Å². The lowest BCUT2D eigenvalue weighted by Crippen LogP contribution is -2.60. The fourth-order valence-electron chi connectivity index (χ4n) is 4.27. The lowest BCUT2D eigenvalue weighted by Gasteiger charge is -2.40. The summed E-state index contributed by atoms with van der Waals surface area (Å²) < 4.78 is 66.3. The van der Waals surface area contributed by atoms with Crippen molar-refractivity contribution >= 4 is 22.2 Å². The number of hydrogen-bond acceptors (Lipinski definition) is 11. The van der Waals surface area contributed by atoms with Crippen LogP contribution in [0.2, 0.25) is 0 Å². The number of benzene rings is 1. The molecule has 0 bridgehead atoms. The third-order valence-electron chi connectivity index (χ3n) is 5.48. The first-order valence-corrected chi connectivity index (χ1v) is 11.9. The number of nitrogens with one attached hydrogen (secondary N) is 1. The number of methoxy groups -OCH3 is 1. The average molecular weight is 502 g/mol. The Hall–Kier alpha value is -2.13. The number of esters is 1. The molecule has 1 N–H and O–H groups in total. The van der Waals surface area contributed by atoms with E-state index in [1.807, 2.05) is 0 Å². The summed E-state index contributed by atoms with van der Waals surface area (Å²) in [6.45, 7) is 6.20. The molecule has 13 heteroatoms. The van der Waals surface area contributed by atoms with E-state index >= 15 is 0 Å². The van der Waals surface area contributed by atoms with Gasteiger partial charge in [0.05, 0.1) is 24.8 Å². The lowest BCUT2D eigenvalue weighted by atomic mass is 9.98. The van der Waals surface area contributed by atoms with Crippen molar-refractivity contribution in [2.24, 2.45) is 0 Å². The predicted octanol–water partition coefficient (Wildman–Crippen LogP) is 0.863. The summed E-state index contributed by atoms with van der Waals surface area (Å²) >= 11 is 0. The van der Waals surface area contributed by atoms with E-state index in [4.69, 9.17) is 27.9 Å². The molecule has 3 fully saturated rings. The minimum atomic E-state index is -4.64. The van der Waals surface area contributed by atoms with Crippen LogP contribution in [0.15, 0.2) is 24.3 Å². The zero-order valence-electron chi connectivity index (χ0n) is 19.4. The van der Waals surface area contributed by atoms with Crippen LogP contribution in [0.5, 0.6) is 0 Å². The van der Waals surface area contributed by atoms with Crippen LogP contribution in [-0.4, -0.2) is 76.3 Å². The van der Waals surface area contributed by atoms with E-state index in [2.05, 4.69) is 4.74 Å². The van der Waals surface area contributed by atoms with Gasteiger partial charge in [0.2, 0.25) is 5.79 Å². The molecule has 0 aliphatic carbocycles. The molecule has 0 spiro atoms. The third kappa shape index (κ3) is 4.82. The van der Waals surface area contributed by atoms with Gasteiger partial charge in [-0.25, -0.2) is 13.7 Å². The van der Waals surface area contributed by atoms with Gasteiger partial charge in [-0.2, -0.15) is 8.42 Å². The van der Waals surface area contributed by atoms with Gasteiger partial charge in [-0.05, 0) is 39.8 Å². The first kappa shape index (κ1) is 25.0. The van der Waals surface area contributed by atoms with Gasteiger partial charge < -0.3 is 28.4 Å². The van der Waals surface area contributed by atoms with E-state index in [0.717, 1.165) is 7.11 Å². The third-order valence-corrected chi connectivity index (χ3v) is 6.35. The molecule has 1 amide bonds. The normalized spacial score (nSPS) is 31.4. The molecule has 3 saturated heterocycles. The molecule has 1 aromatic rings. The maximum atomic E-state index is 12.6. The number of rotatable bonds is 6. The molecule has 0 aromatic heterocycles. The summed E-state index contributed by atoms with van der Waals surface area (Å²) in [5.74, 6) is -5.52. The zero-order valence-corrected chi connectivity index (χ0v) is 20.2. The second-order valence-electron chi connectivity index (χ2n) is 8.99. The molecular formula is C21H27NO11S. The molecule has 1 aromatic carbocycles. The Morgan fingerprint density at radius 2 is 1.74 bits per heavy atom. The number of amides is 1. The Bertz CT molecular complexity index is 1090. The van der Waals surface area contributed by atoms with Crippen molar-refractivity contribution in [2.45, 2.75) is 63.4 Å². The minimum Gasteiger partial charge on any atom is -0.465 e. The summed E-state index contributed by atoms with van der Waals surface area (Å²) in [7, 11) is -3.50. The molecule has 0 radical (unpaired) electrons. The summed E-state index contributed by atoms with van der Waals surface area (Å²) in [5.41, 5.74) is -0.303. The van der Waals surface area contributed by atoms with Crippen LogP contribution < -0.4 is 4.72 Å². The Kier molecular flexibility index (Phi) is 6.26. The van der Waals surface area contributed by atoms with Crippen LogP contribution in [0.3, 0.4) is 0 Å². The highest BCUT2D eigenvalue weighted by atomic mass is 32.2. The fraction of sp³-hybridized carbons (Fsp3) is 0.619. The molecule has 4 rings (SSSR count). The number of ether oxygens (including phenoxy) is 6. The van der Waals surface area contributed by atoms with Crippen LogP contribution in [-0.2, 0) is 42.9 Å². The Balaban J connectivity index is 1.50. The van der Waals surface area contributed by atoms with Crippen LogP contribution in [0.25, 0.3) is 0 Å². The highest BCUT2D eigenvalue weighted by Crippen LogP contribution is 2.47. The van der Waals surface area contributed by atoms with Gasteiger partial charge in [0.1, 0.15) is 24.9 Å². The second-order valence-corrected chi connectivity index (χ2v) is 10.3. The minimum absolute atomic E-state index is 0.0479. The maximum absolute atomic E-state index is 12.6. The van der Waals surface area contributed by atoms with Gasteiger partial charge >= 0.3 is 16.3 Å². The fourth-order valence-corrected chi connectivity index (χ4v) is 4.99. The van der Waals surface area contributed by atoms with Crippen molar-refractivity contribution in [1.82, 2.24) is 4.72 Å². The molecule has 4 atom stereocenters. The van der Waals surface area contributed by atoms with Crippen molar-refractivity contribution in [2.75, 3.05) is 20.3 Å². The largest absolute Gasteiger partial charge is 0.465 e. The Labute approximate surface area is 197 Å². The summed E-state index contributed by atoms with van der Waals surface area (Å²) in [6.07, 6.45) is -1.91. The van der Waals surface area contributed by atoms with Gasteiger partial charge in [0.15, 0.2) is 11.6 Å². The van der Waals surface area contributed by atoms with Crippen molar-refractivity contribution < 1.29 is 50.6 Å². The maximum Gasteiger partial charge on any atom is 0.362 e. The van der Waals surface area contributed by atoms with E-state index in [-0.39, 0.29) is 17.7 Å². The number of carbonyl (C=O) groups is 2. The Morgan fingerprint density at radius 1 is 1.06 bits per heavy atom. The highest BCUT2D eigenvalue weighted by Gasteiger charge is 2.65. The topological polar surface area (TPSA) is 145 Å². The summed E-state index contributed by atoms with van der Waals surface area (Å²) in [6, 6.07) is 5.60. The van der Waals surface area contributed by atoms with Crippen molar-refractivity contribution in [3.63, 3.8) is 0 Å². The monoisotopic (exact) mass is 501 g/mol. The van der Waals surface area contributed by atoms with Crippen LogP contribution >= 0.6 is 0 Å². The highest BCUT2D eigenvalue weighted by molar-refractivity contribution is 7.85. The van der Waals surface area contributed by atoms with Crippen LogP contribution in [0, 0.1) is 0 Å². The molecule has 34 heavy (non-hydrogen) atoms. The molecule has 3 heterocycles. The van der Waals surface area contributed by atoms with E-state index < -0.39 is 64.5 Å². The van der Waals surface area contributed by atoms with E-state index in [1.165, 1.54) is 24.3 Å². The van der Waals surface area contributed by atoms with Crippen LogP contribution in [0.4, 0.5) is 0 Å². The molecular weight excluding hydrogens is 474 g/mol. The van der Waals surface area contributed by atoms with Crippen molar-refractivity contribution in [3.8, 4) is 0 Å². The molecule has 3 aliphatic rings. The first-order valence-electron chi connectivity index (χ1n) is 10.5. The molecule has 188 valence electrons. The number of fused-ring (bicyclic) bond motifs is 3. The number of carbonyl (C=O) groups excluding carboxylic acids is 2. The van der Waals surface area contributed by atoms with Gasteiger partial charge in [-0.3, -0.25) is 4.79 Å². The van der Waals surface area contributed by atoms with Gasteiger partial charge in [0.25, 0.3) is 5.91 Å². The summed E-state index contributed by atoms with van der Waals surface area (Å²) in [4.78, 5) is 24.5. The molecule has 12 nitrogen and oxygen atoms in total. The van der Waals surface area contributed by atoms with Crippen molar-refractivity contribution in [1.29, 1.82) is 0 Å². The SMILES string of the molecule is COC(=O)c1ccccc1C(=O)NS(=O)(=O)OC[C@@]12OC[C@H]3OC(C)(C)OC3[C@@H]1OC(C)(C)O2. The lowest BCUT2D eigenvalue weighted by molar-refractivity contribution is -0.290. The predicted molar refractivity (Wildman–Crippen MR) is 113 cm³/mol. The first-order chi connectivity index (χ1) is 15.8. The number of hydrogen-bond donors (Lipinski definition) is 1. The van der Waals surface area contributed by atoms with Gasteiger partial charge in [0, 0.05) is 0 Å². The van der Waals surface area contributed by atoms with Crippen molar-refractivity contribution in [3.05, 3.63) is 35.4 Å². The Morgan fingerprint density at radius 3 is 2.41 bits per heavy atom. The quantitative estimate of drug-likeness (QED) is 0.554. The van der Waals surface area contributed by atoms with Gasteiger partial charge in [-0.15, -0.1) is 0 Å². The van der Waals surface area contributed by atoms with E-state index in [0.29, 0.717) is 0 Å². The second kappa shape index (κ2) is 8.52. The molecule has 1 unspecified atom stereocenters.